The van der Waals surface area contributed by atoms with E-state index in [1.807, 2.05) is 30.3 Å². The van der Waals surface area contributed by atoms with Crippen molar-refractivity contribution in [3.8, 4) is 0 Å². The second kappa shape index (κ2) is 14.1. The van der Waals surface area contributed by atoms with Gasteiger partial charge in [0.25, 0.3) is 0 Å². The number of benzene rings is 1. The Morgan fingerprint density at radius 2 is 1.86 bits per heavy atom. The first-order valence-electron chi connectivity index (χ1n) is 13.6. The van der Waals surface area contributed by atoms with Crippen molar-refractivity contribution < 1.29 is 24.2 Å². The molecular weight excluding hydrogens is 468 g/mol. The highest BCUT2D eigenvalue weighted by Gasteiger charge is 2.39. The van der Waals surface area contributed by atoms with E-state index in [9.17, 15) is 19.5 Å². The first kappa shape index (κ1) is 28.6. The zero-order chi connectivity index (χ0) is 26.7. The van der Waals surface area contributed by atoms with Gasteiger partial charge in [-0.25, -0.2) is 0 Å². The lowest BCUT2D eigenvalue weighted by Crippen LogP contribution is -2.53. The molecule has 1 aliphatic heterocycles. The van der Waals surface area contributed by atoms with Crippen LogP contribution in [0.4, 0.5) is 0 Å². The van der Waals surface area contributed by atoms with E-state index in [4.69, 9.17) is 4.74 Å². The van der Waals surface area contributed by atoms with E-state index in [1.54, 1.807) is 11.0 Å². The molecular formula is C30H42N2O5. The summed E-state index contributed by atoms with van der Waals surface area (Å²) in [5, 5.41) is 13.1. The first-order chi connectivity index (χ1) is 17.9. The molecule has 0 bridgehead atoms. The second-order valence-corrected chi connectivity index (χ2v) is 10.4. The first-order valence-corrected chi connectivity index (χ1v) is 13.6. The summed E-state index contributed by atoms with van der Waals surface area (Å²) in [4.78, 5) is 40.7. The number of aliphatic hydroxyl groups excluding tert-OH is 1. The number of nitrogens with zero attached hydrogens (tertiary/aromatic N) is 1. The van der Waals surface area contributed by atoms with Crippen molar-refractivity contribution in [3.05, 3.63) is 60.7 Å². The van der Waals surface area contributed by atoms with Crippen LogP contribution in [0.1, 0.15) is 75.3 Å². The van der Waals surface area contributed by atoms with E-state index in [0.717, 1.165) is 56.1 Å². The molecule has 1 aromatic carbocycles. The molecule has 3 rings (SSSR count). The van der Waals surface area contributed by atoms with Gasteiger partial charge >= 0.3 is 5.97 Å². The molecule has 0 spiro atoms. The molecule has 2 unspecified atom stereocenters. The minimum atomic E-state index is -0.589. The number of rotatable bonds is 14. The molecule has 0 radical (unpaired) electrons. The highest BCUT2D eigenvalue weighted by Crippen LogP contribution is 2.31. The lowest BCUT2D eigenvalue weighted by Gasteiger charge is -2.37. The zero-order valence-electron chi connectivity index (χ0n) is 22.0. The molecule has 0 saturated heterocycles. The fourth-order valence-corrected chi connectivity index (χ4v) is 5.42. The van der Waals surface area contributed by atoms with Crippen LogP contribution in [0.15, 0.2) is 49.6 Å². The summed E-state index contributed by atoms with van der Waals surface area (Å²) in [7, 11) is 0. The average Bonchev–Trinajstić information content (AvgIpc) is 3.37. The fourth-order valence-electron chi connectivity index (χ4n) is 5.42. The van der Waals surface area contributed by atoms with Crippen LogP contribution in [0.2, 0.25) is 0 Å². The van der Waals surface area contributed by atoms with Crippen LogP contribution in [0.3, 0.4) is 0 Å². The van der Waals surface area contributed by atoms with Crippen molar-refractivity contribution in [1.29, 1.82) is 0 Å². The Morgan fingerprint density at radius 1 is 1.14 bits per heavy atom. The number of ether oxygens (including phenoxy) is 1. The number of hydrogen-bond donors (Lipinski definition) is 2. The molecule has 2 aliphatic rings. The Kier molecular flexibility index (Phi) is 10.9. The predicted octanol–water partition coefficient (Wildman–Crippen LogP) is 4.23. The van der Waals surface area contributed by atoms with Crippen molar-refractivity contribution in [3.63, 3.8) is 0 Å². The van der Waals surface area contributed by atoms with Crippen LogP contribution in [-0.4, -0.2) is 52.6 Å². The number of carbonyl (C=O) groups excluding carboxylic acids is 3. The van der Waals surface area contributed by atoms with Crippen LogP contribution in [-0.2, 0) is 32.1 Å². The summed E-state index contributed by atoms with van der Waals surface area (Å²) in [6.45, 7) is 7.94. The molecule has 2 atom stereocenters. The predicted molar refractivity (Wildman–Crippen MR) is 143 cm³/mol. The lowest BCUT2D eigenvalue weighted by molar-refractivity contribution is -0.147. The molecule has 7 heteroatoms. The van der Waals surface area contributed by atoms with E-state index < -0.39 is 11.5 Å². The normalized spacial score (nSPS) is 18.9. The van der Waals surface area contributed by atoms with Crippen molar-refractivity contribution >= 4 is 17.8 Å². The molecule has 2 N–H and O–H groups in total. The van der Waals surface area contributed by atoms with Gasteiger partial charge in [0.15, 0.2) is 0 Å². The average molecular weight is 511 g/mol. The van der Waals surface area contributed by atoms with Crippen molar-refractivity contribution in [1.82, 2.24) is 10.2 Å². The number of amides is 2. The number of unbranched alkanes of at least 4 members (excludes halogenated alkanes) is 2. The summed E-state index contributed by atoms with van der Waals surface area (Å²) in [5.74, 6) is -1.19. The van der Waals surface area contributed by atoms with Gasteiger partial charge in [0.2, 0.25) is 11.8 Å². The maximum atomic E-state index is 13.4. The Balaban J connectivity index is 1.61. The van der Waals surface area contributed by atoms with E-state index in [0.29, 0.717) is 25.8 Å². The maximum Gasteiger partial charge on any atom is 0.305 e. The smallest absolute Gasteiger partial charge is 0.305 e. The van der Waals surface area contributed by atoms with Gasteiger partial charge in [-0.3, -0.25) is 14.4 Å². The van der Waals surface area contributed by atoms with Gasteiger partial charge in [0, 0.05) is 19.4 Å². The molecule has 1 aliphatic carbocycles. The van der Waals surface area contributed by atoms with Crippen LogP contribution >= 0.6 is 0 Å². The van der Waals surface area contributed by atoms with Gasteiger partial charge < -0.3 is 20.1 Å². The number of fused-ring (bicyclic) bond motifs is 1. The highest BCUT2D eigenvalue weighted by atomic mass is 16.5. The number of allylic oxidation sites excluding steroid dienone is 2. The van der Waals surface area contributed by atoms with Gasteiger partial charge in [-0.05, 0) is 56.1 Å². The molecule has 1 saturated carbocycles. The largest absolute Gasteiger partial charge is 0.463 e. The standard InChI is InChI=1S/C30H42N2O5/c1-3-5-6-7-15-28(35)37-22-30(16-10-11-17-30)31-29(36)24(12-4-2)19-27(34)32-20-25-14-9-8-13-23(25)18-26(32)21-33/h3-4,8-9,13-14,24,26,33H,1-2,5-7,10-12,15-22H2,(H,31,36). The summed E-state index contributed by atoms with van der Waals surface area (Å²) >= 11 is 0. The van der Waals surface area contributed by atoms with Crippen LogP contribution in [0.25, 0.3) is 0 Å². The number of esters is 1. The molecule has 1 aromatic rings. The Bertz CT molecular complexity index is 953. The molecule has 1 fully saturated rings. The van der Waals surface area contributed by atoms with Gasteiger partial charge in [-0.1, -0.05) is 49.3 Å². The van der Waals surface area contributed by atoms with Crippen LogP contribution in [0, 0.1) is 5.92 Å². The highest BCUT2D eigenvalue weighted by molar-refractivity contribution is 5.86. The van der Waals surface area contributed by atoms with Crippen molar-refractivity contribution in [2.45, 2.75) is 88.8 Å². The Labute approximate surface area is 221 Å². The monoisotopic (exact) mass is 510 g/mol. The van der Waals surface area contributed by atoms with Crippen molar-refractivity contribution in [2.24, 2.45) is 5.92 Å². The summed E-state index contributed by atoms with van der Waals surface area (Å²) in [6.07, 6.45) is 10.8. The summed E-state index contributed by atoms with van der Waals surface area (Å²) < 4.78 is 5.59. The van der Waals surface area contributed by atoms with E-state index in [2.05, 4.69) is 18.5 Å². The van der Waals surface area contributed by atoms with Crippen molar-refractivity contribution in [2.75, 3.05) is 13.2 Å². The van der Waals surface area contributed by atoms with Gasteiger partial charge in [-0.2, -0.15) is 0 Å². The molecule has 7 nitrogen and oxygen atoms in total. The Hall–Kier alpha value is -2.93. The third kappa shape index (κ3) is 8.03. The molecule has 202 valence electrons. The second-order valence-electron chi connectivity index (χ2n) is 10.4. The number of nitrogens with one attached hydrogen (secondary N) is 1. The lowest BCUT2D eigenvalue weighted by atomic mass is 9.91. The zero-order valence-corrected chi connectivity index (χ0v) is 22.0. The van der Waals surface area contributed by atoms with Crippen LogP contribution in [0.5, 0.6) is 0 Å². The number of hydrogen-bond acceptors (Lipinski definition) is 5. The van der Waals surface area contributed by atoms with E-state index in [-0.39, 0.29) is 43.5 Å². The van der Waals surface area contributed by atoms with Crippen LogP contribution < -0.4 is 5.32 Å². The minimum absolute atomic E-state index is 0.0374. The number of carbonyl (C=O) groups is 3. The topological polar surface area (TPSA) is 95.9 Å². The Morgan fingerprint density at radius 3 is 2.54 bits per heavy atom. The van der Waals surface area contributed by atoms with E-state index >= 15 is 0 Å². The van der Waals surface area contributed by atoms with Gasteiger partial charge in [0.05, 0.1) is 24.1 Å². The SMILES string of the molecule is C=CCCCCC(=O)OCC1(NC(=O)C(CC=C)CC(=O)N2Cc3ccccc3CC2CO)CCCC1. The third-order valence-corrected chi connectivity index (χ3v) is 7.63. The molecule has 37 heavy (non-hydrogen) atoms. The maximum absolute atomic E-state index is 13.4. The fraction of sp³-hybridized carbons (Fsp3) is 0.567. The number of aliphatic hydroxyl groups is 1. The van der Waals surface area contributed by atoms with E-state index in [1.165, 1.54) is 0 Å². The quantitative estimate of drug-likeness (QED) is 0.222. The van der Waals surface area contributed by atoms with Gasteiger partial charge in [-0.15, -0.1) is 13.2 Å². The third-order valence-electron chi connectivity index (χ3n) is 7.63. The van der Waals surface area contributed by atoms with Gasteiger partial charge in [0.1, 0.15) is 6.61 Å². The molecule has 1 heterocycles. The summed E-state index contributed by atoms with van der Waals surface area (Å²) in [5.41, 5.74) is 1.62. The minimum Gasteiger partial charge on any atom is -0.463 e. The molecule has 0 aromatic heterocycles. The summed E-state index contributed by atoms with van der Waals surface area (Å²) in [6, 6.07) is 7.64. The molecule has 2 amide bonds.